The van der Waals surface area contributed by atoms with Crippen LogP contribution in [-0.4, -0.2) is 33.4 Å². The van der Waals surface area contributed by atoms with Gasteiger partial charge >= 0.3 is 0 Å². The maximum Gasteiger partial charge on any atom is 0.262 e. The smallest absolute Gasteiger partial charge is 0.262 e. The van der Waals surface area contributed by atoms with E-state index in [0.29, 0.717) is 17.9 Å². The summed E-state index contributed by atoms with van der Waals surface area (Å²) in [5, 5.41) is 0. The van der Waals surface area contributed by atoms with Gasteiger partial charge in [0.1, 0.15) is 11.6 Å². The van der Waals surface area contributed by atoms with Gasteiger partial charge in [-0.15, -0.1) is 0 Å². The second-order valence-corrected chi connectivity index (χ2v) is 8.72. The normalized spacial score (nSPS) is 11.1. The Labute approximate surface area is 181 Å². The van der Waals surface area contributed by atoms with Crippen LogP contribution in [0.2, 0.25) is 0 Å². The predicted octanol–water partition coefficient (Wildman–Crippen LogP) is 4.22. The van der Waals surface area contributed by atoms with Crippen LogP contribution in [0, 0.1) is 12.7 Å². The van der Waals surface area contributed by atoms with Crippen molar-refractivity contribution >= 4 is 21.6 Å². The maximum atomic E-state index is 13.1. The highest BCUT2D eigenvalue weighted by Gasteiger charge is 2.21. The van der Waals surface area contributed by atoms with Gasteiger partial charge in [-0.05, 0) is 55.0 Å². The van der Waals surface area contributed by atoms with Crippen LogP contribution in [0.5, 0.6) is 5.75 Å². The summed E-state index contributed by atoms with van der Waals surface area (Å²) in [5.74, 6) is -0.133. The number of ether oxygens (including phenoxy) is 1. The first-order chi connectivity index (χ1) is 14.7. The van der Waals surface area contributed by atoms with Crippen LogP contribution < -0.4 is 9.46 Å². The minimum atomic E-state index is -3.97. The third-order valence-electron chi connectivity index (χ3n) is 4.77. The molecule has 0 aliphatic carbocycles. The third kappa shape index (κ3) is 5.21. The van der Waals surface area contributed by atoms with Gasteiger partial charge < -0.3 is 9.64 Å². The molecule has 162 valence electrons. The Morgan fingerprint density at radius 1 is 1.06 bits per heavy atom. The number of nitrogens with zero attached hydrogens (tertiary/aromatic N) is 1. The van der Waals surface area contributed by atoms with E-state index in [4.69, 9.17) is 4.74 Å². The molecule has 3 aromatic rings. The van der Waals surface area contributed by atoms with Crippen LogP contribution >= 0.6 is 0 Å². The number of sulfonamides is 1. The second kappa shape index (κ2) is 9.18. The van der Waals surface area contributed by atoms with Gasteiger partial charge in [0, 0.05) is 30.4 Å². The topological polar surface area (TPSA) is 75.7 Å². The van der Waals surface area contributed by atoms with E-state index in [-0.39, 0.29) is 22.1 Å². The molecule has 1 N–H and O–H groups in total. The number of aryl methyl sites for hydroxylation is 1. The second-order valence-electron chi connectivity index (χ2n) is 7.07. The lowest BCUT2D eigenvalue weighted by molar-refractivity contribution is 0.0784. The third-order valence-corrected chi connectivity index (χ3v) is 6.29. The molecule has 0 saturated heterocycles. The van der Waals surface area contributed by atoms with Crippen molar-refractivity contribution in [3.8, 4) is 5.75 Å². The Morgan fingerprint density at radius 2 is 1.74 bits per heavy atom. The molecule has 0 aromatic heterocycles. The number of para-hydroxylation sites is 1. The number of hydrogen-bond acceptors (Lipinski definition) is 4. The van der Waals surface area contributed by atoms with Crippen molar-refractivity contribution in [2.45, 2.75) is 18.4 Å². The van der Waals surface area contributed by atoms with Crippen LogP contribution in [0.3, 0.4) is 0 Å². The number of carbonyl (C=O) groups excluding carboxylic acids is 1. The number of amides is 1. The van der Waals surface area contributed by atoms with E-state index in [1.54, 1.807) is 33.2 Å². The van der Waals surface area contributed by atoms with Crippen molar-refractivity contribution in [1.82, 2.24) is 4.90 Å². The molecule has 3 aromatic carbocycles. The van der Waals surface area contributed by atoms with Crippen LogP contribution in [0.25, 0.3) is 0 Å². The number of anilines is 1. The summed E-state index contributed by atoms with van der Waals surface area (Å²) in [6.45, 7) is 1.94. The van der Waals surface area contributed by atoms with E-state index >= 15 is 0 Å². The number of benzene rings is 3. The van der Waals surface area contributed by atoms with Crippen LogP contribution in [-0.2, 0) is 16.6 Å². The average Bonchev–Trinajstić information content (AvgIpc) is 2.75. The van der Waals surface area contributed by atoms with Gasteiger partial charge in [-0.3, -0.25) is 9.52 Å². The van der Waals surface area contributed by atoms with Gasteiger partial charge in [0.05, 0.1) is 12.0 Å². The fourth-order valence-corrected chi connectivity index (χ4v) is 4.46. The highest BCUT2D eigenvalue weighted by atomic mass is 32.2. The van der Waals surface area contributed by atoms with E-state index in [1.807, 2.05) is 24.3 Å². The zero-order valence-electron chi connectivity index (χ0n) is 17.4. The summed E-state index contributed by atoms with van der Waals surface area (Å²) in [5.41, 5.74) is 1.78. The molecule has 0 unspecified atom stereocenters. The summed E-state index contributed by atoms with van der Waals surface area (Å²) in [7, 11) is -0.771. The highest BCUT2D eigenvalue weighted by Crippen LogP contribution is 2.23. The first-order valence-electron chi connectivity index (χ1n) is 9.47. The molecule has 0 aliphatic rings. The van der Waals surface area contributed by atoms with Crippen molar-refractivity contribution in [1.29, 1.82) is 0 Å². The standard InChI is InChI=1S/C23H23FN2O4S/c1-16-8-9-17(23(27)26(2)15-18-6-4-5-7-21(18)30-3)14-22(16)31(28,29)25-20-12-10-19(24)11-13-20/h4-14,25H,15H2,1-3H3. The van der Waals surface area contributed by atoms with Gasteiger partial charge in [-0.25, -0.2) is 12.8 Å². The van der Waals surface area contributed by atoms with Gasteiger partial charge in [-0.2, -0.15) is 0 Å². The molecule has 0 fully saturated rings. The number of hydrogen-bond donors (Lipinski definition) is 1. The van der Waals surface area contributed by atoms with Gasteiger partial charge in [0.25, 0.3) is 15.9 Å². The van der Waals surface area contributed by atoms with E-state index in [9.17, 15) is 17.6 Å². The molecule has 1 amide bonds. The lowest BCUT2D eigenvalue weighted by atomic mass is 10.1. The molecule has 31 heavy (non-hydrogen) atoms. The Morgan fingerprint density at radius 3 is 2.42 bits per heavy atom. The molecule has 0 atom stereocenters. The molecule has 0 saturated carbocycles. The minimum Gasteiger partial charge on any atom is -0.496 e. The Bertz CT molecular complexity index is 1190. The zero-order chi connectivity index (χ0) is 22.6. The van der Waals surface area contributed by atoms with E-state index < -0.39 is 15.8 Å². The van der Waals surface area contributed by atoms with Crippen molar-refractivity contribution in [3.05, 3.63) is 89.2 Å². The fraction of sp³-hybridized carbons (Fsp3) is 0.174. The molecule has 3 rings (SSSR count). The number of rotatable bonds is 7. The Kier molecular flexibility index (Phi) is 6.60. The summed E-state index contributed by atoms with van der Waals surface area (Å²) >= 11 is 0. The first-order valence-corrected chi connectivity index (χ1v) is 11.0. The fourth-order valence-electron chi connectivity index (χ4n) is 3.13. The summed E-state index contributed by atoms with van der Waals surface area (Å²) in [6.07, 6.45) is 0. The lowest BCUT2D eigenvalue weighted by Gasteiger charge is -2.20. The van der Waals surface area contributed by atoms with Crippen LogP contribution in [0.15, 0.2) is 71.6 Å². The monoisotopic (exact) mass is 442 g/mol. The van der Waals surface area contributed by atoms with E-state index in [2.05, 4.69) is 4.72 Å². The van der Waals surface area contributed by atoms with Crippen LogP contribution in [0.1, 0.15) is 21.5 Å². The lowest BCUT2D eigenvalue weighted by Crippen LogP contribution is -2.27. The molecule has 0 heterocycles. The number of nitrogens with one attached hydrogen (secondary N) is 1. The molecule has 8 heteroatoms. The number of methoxy groups -OCH3 is 1. The van der Waals surface area contributed by atoms with Crippen molar-refractivity contribution in [2.75, 3.05) is 18.9 Å². The molecule has 0 radical (unpaired) electrons. The van der Waals surface area contributed by atoms with E-state index in [0.717, 1.165) is 17.7 Å². The summed E-state index contributed by atoms with van der Waals surface area (Å²) in [4.78, 5) is 14.4. The number of carbonyl (C=O) groups is 1. The van der Waals surface area contributed by atoms with Gasteiger partial charge in [0.2, 0.25) is 0 Å². The van der Waals surface area contributed by atoms with Crippen molar-refractivity contribution in [3.63, 3.8) is 0 Å². The Hall–Kier alpha value is -3.39. The molecule has 0 bridgehead atoms. The van der Waals surface area contributed by atoms with Crippen LogP contribution in [0.4, 0.5) is 10.1 Å². The molecular formula is C23H23FN2O4S. The largest absolute Gasteiger partial charge is 0.496 e. The number of halogens is 1. The molecule has 0 spiro atoms. The summed E-state index contributed by atoms with van der Waals surface area (Å²) < 4.78 is 46.6. The van der Waals surface area contributed by atoms with Crippen molar-refractivity contribution < 1.29 is 22.3 Å². The summed E-state index contributed by atoms with van der Waals surface area (Å²) in [6, 6.07) is 16.9. The molecule has 0 aliphatic heterocycles. The Balaban J connectivity index is 1.85. The van der Waals surface area contributed by atoms with Gasteiger partial charge in [0.15, 0.2) is 0 Å². The highest BCUT2D eigenvalue weighted by molar-refractivity contribution is 7.92. The van der Waals surface area contributed by atoms with Gasteiger partial charge in [-0.1, -0.05) is 24.3 Å². The minimum absolute atomic E-state index is 0.0200. The average molecular weight is 443 g/mol. The molecule has 6 nitrogen and oxygen atoms in total. The molecular weight excluding hydrogens is 419 g/mol. The zero-order valence-corrected chi connectivity index (χ0v) is 18.2. The van der Waals surface area contributed by atoms with Crippen molar-refractivity contribution in [2.24, 2.45) is 0 Å². The first kappa shape index (κ1) is 22.3. The quantitative estimate of drug-likeness (QED) is 0.595. The van der Waals surface area contributed by atoms with E-state index in [1.165, 1.54) is 23.1 Å². The maximum absolute atomic E-state index is 13.1. The SMILES string of the molecule is COc1ccccc1CN(C)C(=O)c1ccc(C)c(S(=O)(=O)Nc2ccc(F)cc2)c1. The predicted molar refractivity (Wildman–Crippen MR) is 117 cm³/mol.